The van der Waals surface area contributed by atoms with E-state index in [-0.39, 0.29) is 12.5 Å². The van der Waals surface area contributed by atoms with Crippen molar-refractivity contribution < 1.29 is 19.4 Å². The van der Waals surface area contributed by atoms with Gasteiger partial charge in [0.2, 0.25) is 0 Å². The van der Waals surface area contributed by atoms with Crippen molar-refractivity contribution in [2.24, 2.45) is 0 Å². The average molecular weight is 420 g/mol. The van der Waals surface area contributed by atoms with Gasteiger partial charge < -0.3 is 14.6 Å². The number of amides is 1. The first kappa shape index (κ1) is 21.2. The van der Waals surface area contributed by atoms with Crippen molar-refractivity contribution in [1.29, 1.82) is 0 Å². The second-order valence-corrected chi connectivity index (χ2v) is 9.05. The quantitative estimate of drug-likeness (QED) is 0.602. The zero-order valence-corrected chi connectivity index (χ0v) is 18.5. The zero-order chi connectivity index (χ0) is 22.2. The molecule has 1 amide bonds. The number of rotatable bonds is 4. The van der Waals surface area contributed by atoms with Crippen molar-refractivity contribution in [2.45, 2.75) is 45.8 Å². The Morgan fingerprint density at radius 1 is 1.13 bits per heavy atom. The molecule has 4 rings (SSSR count). The largest absolute Gasteiger partial charge is 0.488 e. The Bertz CT molecular complexity index is 1100. The Hall–Kier alpha value is -3.05. The topological polar surface area (TPSA) is 59.0 Å². The predicted molar refractivity (Wildman–Crippen MR) is 123 cm³/mol. The number of anilines is 1. The third kappa shape index (κ3) is 4.23. The molecule has 0 bridgehead atoms. The second-order valence-electron chi connectivity index (χ2n) is 9.05. The van der Waals surface area contributed by atoms with Crippen molar-refractivity contribution in [3.63, 3.8) is 0 Å². The second kappa shape index (κ2) is 8.23. The highest BCUT2D eigenvalue weighted by atomic mass is 16.6. The number of fused-ring (bicyclic) bond motifs is 3. The lowest BCUT2D eigenvalue weighted by Crippen LogP contribution is -2.36. The molecule has 0 saturated carbocycles. The van der Waals surface area contributed by atoms with E-state index in [4.69, 9.17) is 9.47 Å². The minimum atomic E-state index is -0.603. The van der Waals surface area contributed by atoms with Crippen molar-refractivity contribution >= 4 is 22.6 Å². The number of nitrogens with zero attached hydrogens (tertiary/aromatic N) is 1. The fraction of sp³-hybridized carbons (Fsp3) is 0.346. The fourth-order valence-electron chi connectivity index (χ4n) is 4.18. The molecule has 0 fully saturated rings. The third-order valence-corrected chi connectivity index (χ3v) is 5.52. The molecule has 1 heterocycles. The van der Waals surface area contributed by atoms with Crippen LogP contribution in [0.2, 0.25) is 0 Å². The van der Waals surface area contributed by atoms with Gasteiger partial charge in [0.1, 0.15) is 18.0 Å². The van der Waals surface area contributed by atoms with E-state index in [1.54, 1.807) is 4.90 Å². The summed E-state index contributed by atoms with van der Waals surface area (Å²) >= 11 is 0. The fourth-order valence-corrected chi connectivity index (χ4v) is 4.18. The summed E-state index contributed by atoms with van der Waals surface area (Å²) in [6, 6.07) is 18.0. The molecule has 162 valence electrons. The molecule has 5 nitrogen and oxygen atoms in total. The number of hydrogen-bond acceptors (Lipinski definition) is 4. The minimum absolute atomic E-state index is 0.0417. The third-order valence-electron chi connectivity index (χ3n) is 5.52. The maximum atomic E-state index is 13.0. The van der Waals surface area contributed by atoms with Crippen LogP contribution < -0.4 is 9.64 Å². The van der Waals surface area contributed by atoms with Crippen LogP contribution in [0.1, 0.15) is 43.4 Å². The summed E-state index contributed by atoms with van der Waals surface area (Å²) < 4.78 is 11.9. The van der Waals surface area contributed by atoms with Crippen LogP contribution in [0.15, 0.2) is 54.6 Å². The number of hydrogen-bond donors (Lipinski definition) is 1. The monoisotopic (exact) mass is 419 g/mol. The van der Waals surface area contributed by atoms with Gasteiger partial charge in [0.05, 0.1) is 12.3 Å². The van der Waals surface area contributed by atoms with Crippen LogP contribution >= 0.6 is 0 Å². The van der Waals surface area contributed by atoms with E-state index in [1.165, 1.54) is 0 Å². The first-order valence-corrected chi connectivity index (χ1v) is 10.6. The zero-order valence-electron chi connectivity index (χ0n) is 18.5. The molecule has 5 heteroatoms. The SMILES string of the molecule is Cc1cccc2c(OCc3ccccc3)cc3c(c12)[C@@H](CO)CN3C(=O)OC(C)(C)C. The highest BCUT2D eigenvalue weighted by molar-refractivity contribution is 6.03. The summed E-state index contributed by atoms with van der Waals surface area (Å²) in [6.07, 6.45) is -0.411. The van der Waals surface area contributed by atoms with Gasteiger partial charge in [-0.15, -0.1) is 0 Å². The van der Waals surface area contributed by atoms with E-state index in [9.17, 15) is 9.90 Å². The van der Waals surface area contributed by atoms with E-state index in [1.807, 2.05) is 82.3 Å². The number of aliphatic hydroxyl groups excluding tert-OH is 1. The molecule has 0 aliphatic carbocycles. The van der Waals surface area contributed by atoms with Crippen LogP contribution in [0.25, 0.3) is 10.8 Å². The maximum absolute atomic E-state index is 13.0. The van der Waals surface area contributed by atoms with E-state index in [0.29, 0.717) is 18.9 Å². The normalized spacial score (nSPS) is 15.8. The molecule has 0 unspecified atom stereocenters. The lowest BCUT2D eigenvalue weighted by molar-refractivity contribution is 0.0581. The predicted octanol–water partition coefficient (Wildman–Crippen LogP) is 5.56. The van der Waals surface area contributed by atoms with Gasteiger partial charge in [0.25, 0.3) is 0 Å². The molecular weight excluding hydrogens is 390 g/mol. The Morgan fingerprint density at radius 3 is 2.55 bits per heavy atom. The Kier molecular flexibility index (Phi) is 5.63. The summed E-state index contributed by atoms with van der Waals surface area (Å²) in [7, 11) is 0. The van der Waals surface area contributed by atoms with Gasteiger partial charge in [-0.1, -0.05) is 48.5 Å². The van der Waals surface area contributed by atoms with Crippen LogP contribution in [0.5, 0.6) is 5.75 Å². The van der Waals surface area contributed by atoms with E-state index < -0.39 is 11.7 Å². The van der Waals surface area contributed by atoms with Gasteiger partial charge in [-0.05, 0) is 49.8 Å². The number of aliphatic hydroxyl groups is 1. The molecule has 0 aromatic heterocycles. The molecule has 1 aliphatic heterocycles. The summed E-state index contributed by atoms with van der Waals surface area (Å²) in [5, 5.41) is 12.1. The number of benzene rings is 3. The van der Waals surface area contributed by atoms with Crippen LogP contribution in [0.3, 0.4) is 0 Å². The molecule has 0 spiro atoms. The maximum Gasteiger partial charge on any atom is 0.414 e. The summed E-state index contributed by atoms with van der Waals surface area (Å²) in [5.41, 5.74) is 3.28. The number of carbonyl (C=O) groups excluding carboxylic acids is 1. The Morgan fingerprint density at radius 2 is 1.87 bits per heavy atom. The van der Waals surface area contributed by atoms with Crippen molar-refractivity contribution in [1.82, 2.24) is 0 Å². The van der Waals surface area contributed by atoms with Gasteiger partial charge in [-0.25, -0.2) is 4.79 Å². The minimum Gasteiger partial charge on any atom is -0.488 e. The Labute approximate surface area is 183 Å². The first-order valence-electron chi connectivity index (χ1n) is 10.6. The van der Waals surface area contributed by atoms with Crippen molar-refractivity contribution in [3.05, 3.63) is 71.3 Å². The molecule has 1 N–H and O–H groups in total. The van der Waals surface area contributed by atoms with Crippen LogP contribution in [-0.4, -0.2) is 30.0 Å². The summed E-state index contributed by atoms with van der Waals surface area (Å²) in [4.78, 5) is 14.6. The number of ether oxygens (including phenoxy) is 2. The standard InChI is InChI=1S/C26H29NO4/c1-17-9-8-12-20-22(30-16-18-10-6-5-7-11-18)13-21-24(23(17)20)19(15-28)14-27(21)25(29)31-26(2,3)4/h5-13,19,28H,14-16H2,1-4H3/t19-/m1/s1. The highest BCUT2D eigenvalue weighted by Crippen LogP contribution is 2.46. The van der Waals surface area contributed by atoms with Gasteiger partial charge in [-0.2, -0.15) is 0 Å². The number of aryl methyl sites for hydroxylation is 1. The van der Waals surface area contributed by atoms with Gasteiger partial charge in [0.15, 0.2) is 0 Å². The first-order chi connectivity index (χ1) is 14.8. The number of carbonyl (C=O) groups is 1. The molecule has 31 heavy (non-hydrogen) atoms. The highest BCUT2D eigenvalue weighted by Gasteiger charge is 2.37. The van der Waals surface area contributed by atoms with Gasteiger partial charge in [-0.3, -0.25) is 4.90 Å². The molecule has 3 aromatic carbocycles. The summed E-state index contributed by atoms with van der Waals surface area (Å²) in [6.45, 7) is 8.37. The average Bonchev–Trinajstić information content (AvgIpc) is 3.10. The van der Waals surface area contributed by atoms with Crippen LogP contribution in [-0.2, 0) is 11.3 Å². The molecule has 0 radical (unpaired) electrons. The van der Waals surface area contributed by atoms with Crippen molar-refractivity contribution in [3.8, 4) is 5.75 Å². The smallest absolute Gasteiger partial charge is 0.414 e. The lowest BCUT2D eigenvalue weighted by atomic mass is 9.92. The van der Waals surface area contributed by atoms with Gasteiger partial charge >= 0.3 is 6.09 Å². The van der Waals surface area contributed by atoms with Crippen molar-refractivity contribution in [2.75, 3.05) is 18.1 Å². The Balaban J connectivity index is 1.82. The van der Waals surface area contributed by atoms with Crippen LogP contribution in [0.4, 0.5) is 10.5 Å². The molecular formula is C26H29NO4. The van der Waals surface area contributed by atoms with E-state index >= 15 is 0 Å². The molecule has 1 atom stereocenters. The summed E-state index contributed by atoms with van der Waals surface area (Å²) in [5.74, 6) is 0.544. The lowest BCUT2D eigenvalue weighted by Gasteiger charge is -2.25. The molecule has 0 saturated heterocycles. The van der Waals surface area contributed by atoms with E-state index in [2.05, 4.69) is 0 Å². The van der Waals surface area contributed by atoms with Gasteiger partial charge in [0, 0.05) is 23.9 Å². The molecule has 1 aliphatic rings. The molecule has 3 aromatic rings. The van der Waals surface area contributed by atoms with Crippen LogP contribution in [0, 0.1) is 6.92 Å². The van der Waals surface area contributed by atoms with E-state index in [0.717, 1.165) is 33.2 Å².